The van der Waals surface area contributed by atoms with Gasteiger partial charge in [0.1, 0.15) is 18.5 Å². The van der Waals surface area contributed by atoms with Gasteiger partial charge >= 0.3 is 4.87 Å². The van der Waals surface area contributed by atoms with Crippen molar-refractivity contribution in [3.63, 3.8) is 0 Å². The number of anilines is 1. The minimum Gasteiger partial charge on any atom is -0.494 e. The Bertz CT molecular complexity index is 1070. The van der Waals surface area contributed by atoms with Crippen molar-refractivity contribution in [3.8, 4) is 11.6 Å². The largest absolute Gasteiger partial charge is 0.494 e. The van der Waals surface area contributed by atoms with Crippen LogP contribution in [0.4, 0.5) is 5.69 Å². The van der Waals surface area contributed by atoms with Crippen LogP contribution in [0.1, 0.15) is 29.0 Å². The number of hydrogen-bond acceptors (Lipinski definition) is 8. The van der Waals surface area contributed by atoms with Crippen LogP contribution in [-0.4, -0.2) is 58.6 Å². The highest BCUT2D eigenvalue weighted by Crippen LogP contribution is 2.24. The first-order valence-corrected chi connectivity index (χ1v) is 12.0. The first kappa shape index (κ1) is 23.3. The number of nitrogens with zero attached hydrogens (tertiary/aromatic N) is 2. The molecule has 0 unspecified atom stereocenters. The summed E-state index contributed by atoms with van der Waals surface area (Å²) in [4.78, 5) is 20.7. The molecule has 1 aliphatic rings. The molecule has 1 saturated heterocycles. The monoisotopic (exact) mass is 470 g/mol. The average molecular weight is 471 g/mol. The molecular weight excluding hydrogens is 440 g/mol. The van der Waals surface area contributed by atoms with Crippen LogP contribution in [-0.2, 0) is 6.42 Å². The quantitative estimate of drug-likeness (QED) is 0.380. The summed E-state index contributed by atoms with van der Waals surface area (Å²) >= 11 is 1.04. The zero-order chi connectivity index (χ0) is 23.2. The Hall–Kier alpha value is -2.88. The Kier molecular flexibility index (Phi) is 7.64. The highest BCUT2D eigenvalue weighted by atomic mass is 32.1. The number of aromatic hydroxyl groups is 1. The third kappa shape index (κ3) is 6.56. The number of benzene rings is 1. The van der Waals surface area contributed by atoms with Crippen LogP contribution in [0, 0.1) is 6.92 Å². The number of ether oxygens (including phenoxy) is 1. The summed E-state index contributed by atoms with van der Waals surface area (Å²) in [6, 6.07) is 12.4. The summed E-state index contributed by atoms with van der Waals surface area (Å²) in [6.07, 6.45) is 3.64. The zero-order valence-electron chi connectivity index (χ0n) is 18.7. The predicted molar refractivity (Wildman–Crippen MR) is 130 cm³/mol. The molecule has 4 rings (SSSR count). The molecule has 8 nitrogen and oxygen atoms in total. The van der Waals surface area contributed by atoms with Crippen molar-refractivity contribution in [2.24, 2.45) is 0 Å². The van der Waals surface area contributed by atoms with E-state index in [2.05, 4.69) is 32.3 Å². The summed E-state index contributed by atoms with van der Waals surface area (Å²) in [5.41, 5.74) is 3.16. The van der Waals surface area contributed by atoms with E-state index in [4.69, 9.17) is 4.74 Å². The second-order valence-electron chi connectivity index (χ2n) is 8.40. The van der Waals surface area contributed by atoms with E-state index < -0.39 is 6.10 Å². The van der Waals surface area contributed by atoms with Crippen molar-refractivity contribution >= 4 is 17.0 Å². The molecule has 1 aromatic carbocycles. The summed E-state index contributed by atoms with van der Waals surface area (Å²) in [6.45, 7) is 4.54. The van der Waals surface area contributed by atoms with Crippen LogP contribution in [0.25, 0.3) is 0 Å². The number of pyridine rings is 1. The summed E-state index contributed by atoms with van der Waals surface area (Å²) in [7, 11) is 0. The molecule has 2 aromatic heterocycles. The standard InChI is InChI=1S/C24H30N4O4S/c1-16-2-7-21(14-25-16)32-15-20(29)13-26-18-8-10-28(11-9-18)19-5-3-17(4-6-19)12-22-23(30)27-24(31)33-22/h2-7,14,18,20,26,29-30H,8-13,15H2,1H3,(H,27,31)/t20-/m0/s1. The lowest BCUT2D eigenvalue weighted by Gasteiger charge is -2.34. The Morgan fingerprint density at radius 1 is 1.24 bits per heavy atom. The van der Waals surface area contributed by atoms with Gasteiger partial charge in [-0.2, -0.15) is 0 Å². The maximum absolute atomic E-state index is 11.3. The SMILES string of the molecule is Cc1ccc(OC[C@@H](O)CNC2CCN(c3ccc(Cc4sc(=O)[nH]c4O)cc3)CC2)cn1. The summed E-state index contributed by atoms with van der Waals surface area (Å²) in [5, 5.41) is 23.4. The van der Waals surface area contributed by atoms with Crippen LogP contribution in [0.5, 0.6) is 11.6 Å². The first-order valence-electron chi connectivity index (χ1n) is 11.2. The van der Waals surface area contributed by atoms with E-state index in [9.17, 15) is 15.0 Å². The van der Waals surface area contributed by atoms with Crippen molar-refractivity contribution in [1.29, 1.82) is 0 Å². The van der Waals surface area contributed by atoms with Gasteiger partial charge in [-0.1, -0.05) is 23.5 Å². The predicted octanol–water partition coefficient (Wildman–Crippen LogP) is 2.43. The molecule has 33 heavy (non-hydrogen) atoms. The van der Waals surface area contributed by atoms with Gasteiger partial charge in [0.2, 0.25) is 5.88 Å². The van der Waals surface area contributed by atoms with Gasteiger partial charge in [-0.15, -0.1) is 0 Å². The molecule has 1 atom stereocenters. The van der Waals surface area contributed by atoms with E-state index in [0.29, 0.717) is 29.6 Å². The molecule has 1 aliphatic heterocycles. The van der Waals surface area contributed by atoms with Gasteiger partial charge in [0.25, 0.3) is 0 Å². The molecule has 4 N–H and O–H groups in total. The third-order valence-electron chi connectivity index (χ3n) is 5.83. The van der Waals surface area contributed by atoms with Crippen molar-refractivity contribution in [3.05, 3.63) is 68.4 Å². The summed E-state index contributed by atoms with van der Waals surface area (Å²) in [5.74, 6) is 0.632. The second kappa shape index (κ2) is 10.8. The molecule has 0 bridgehead atoms. The summed E-state index contributed by atoms with van der Waals surface area (Å²) < 4.78 is 5.60. The molecule has 0 saturated carbocycles. The fraction of sp³-hybridized carbons (Fsp3) is 0.417. The van der Waals surface area contributed by atoms with Gasteiger partial charge in [-0.25, -0.2) is 0 Å². The van der Waals surface area contributed by atoms with E-state index in [0.717, 1.165) is 48.5 Å². The van der Waals surface area contributed by atoms with Crippen molar-refractivity contribution in [1.82, 2.24) is 15.3 Å². The Morgan fingerprint density at radius 3 is 2.64 bits per heavy atom. The number of aromatic nitrogens is 2. The number of aliphatic hydroxyl groups excluding tert-OH is 1. The number of piperidine rings is 1. The van der Waals surface area contributed by atoms with Gasteiger partial charge in [0.05, 0.1) is 11.1 Å². The fourth-order valence-electron chi connectivity index (χ4n) is 3.92. The van der Waals surface area contributed by atoms with E-state index in [1.54, 1.807) is 6.20 Å². The second-order valence-corrected chi connectivity index (χ2v) is 9.47. The number of nitrogens with one attached hydrogen (secondary N) is 2. The molecule has 0 radical (unpaired) electrons. The Morgan fingerprint density at radius 2 is 2.00 bits per heavy atom. The number of aryl methyl sites for hydroxylation is 1. The van der Waals surface area contributed by atoms with Crippen LogP contribution < -0.4 is 19.8 Å². The molecule has 9 heteroatoms. The highest BCUT2D eigenvalue weighted by molar-refractivity contribution is 7.09. The lowest BCUT2D eigenvalue weighted by Crippen LogP contribution is -2.45. The van der Waals surface area contributed by atoms with E-state index in [1.807, 2.05) is 31.2 Å². The van der Waals surface area contributed by atoms with Crippen molar-refractivity contribution < 1.29 is 14.9 Å². The number of aliphatic hydroxyl groups is 1. The molecule has 3 aromatic rings. The molecule has 1 fully saturated rings. The zero-order valence-corrected chi connectivity index (χ0v) is 19.5. The lowest BCUT2D eigenvalue weighted by molar-refractivity contribution is 0.102. The Labute approximate surface area is 196 Å². The topological polar surface area (TPSA) is 111 Å². The minimum atomic E-state index is -0.574. The third-order valence-corrected chi connectivity index (χ3v) is 6.70. The van der Waals surface area contributed by atoms with Crippen LogP contribution >= 0.6 is 11.3 Å². The van der Waals surface area contributed by atoms with Crippen molar-refractivity contribution in [2.75, 3.05) is 31.1 Å². The number of thiazole rings is 1. The molecule has 3 heterocycles. The Balaban J connectivity index is 1.18. The lowest BCUT2D eigenvalue weighted by atomic mass is 10.0. The molecular formula is C24H30N4O4S. The van der Waals surface area contributed by atoms with Gasteiger partial charge in [-0.05, 0) is 49.6 Å². The molecule has 0 aliphatic carbocycles. The van der Waals surface area contributed by atoms with Gasteiger partial charge < -0.3 is 25.2 Å². The maximum atomic E-state index is 11.3. The normalized spacial score (nSPS) is 15.5. The molecule has 0 amide bonds. The van der Waals surface area contributed by atoms with Gasteiger partial charge in [-0.3, -0.25) is 14.8 Å². The van der Waals surface area contributed by atoms with Crippen LogP contribution in [0.15, 0.2) is 47.4 Å². The molecule has 176 valence electrons. The minimum absolute atomic E-state index is 0.0347. The number of rotatable bonds is 9. The number of aromatic amines is 1. The maximum Gasteiger partial charge on any atom is 0.307 e. The van der Waals surface area contributed by atoms with E-state index >= 15 is 0 Å². The van der Waals surface area contributed by atoms with Crippen molar-refractivity contribution in [2.45, 2.75) is 38.3 Å². The molecule has 0 spiro atoms. The van der Waals surface area contributed by atoms with Gasteiger partial charge in [0, 0.05) is 43.5 Å². The average Bonchev–Trinajstić information content (AvgIpc) is 3.14. The number of hydrogen-bond donors (Lipinski definition) is 4. The first-order chi connectivity index (χ1) is 16.0. The fourth-order valence-corrected chi connectivity index (χ4v) is 4.68. The van der Waals surface area contributed by atoms with Crippen LogP contribution in [0.2, 0.25) is 0 Å². The number of H-pyrrole nitrogens is 1. The van der Waals surface area contributed by atoms with E-state index in [1.165, 1.54) is 5.69 Å². The van der Waals surface area contributed by atoms with E-state index in [-0.39, 0.29) is 17.4 Å². The van der Waals surface area contributed by atoms with Gasteiger partial charge in [0.15, 0.2) is 0 Å². The highest BCUT2D eigenvalue weighted by Gasteiger charge is 2.20. The smallest absolute Gasteiger partial charge is 0.307 e. The van der Waals surface area contributed by atoms with Crippen LogP contribution in [0.3, 0.4) is 0 Å².